The highest BCUT2D eigenvalue weighted by Gasteiger charge is 2.26. The molecule has 2 aliphatic carbocycles. The molecule has 1 atom stereocenters. The van der Waals surface area contributed by atoms with Crippen molar-refractivity contribution in [2.24, 2.45) is 0 Å². The number of benzene rings is 1. The van der Waals surface area contributed by atoms with Gasteiger partial charge >= 0.3 is 0 Å². The van der Waals surface area contributed by atoms with Crippen molar-refractivity contribution >= 4 is 22.2 Å². The maximum atomic E-state index is 5.72. The highest BCUT2D eigenvalue weighted by molar-refractivity contribution is 7.15. The van der Waals surface area contributed by atoms with Crippen molar-refractivity contribution in [1.82, 2.24) is 14.5 Å². The van der Waals surface area contributed by atoms with Crippen LogP contribution < -0.4 is 5.32 Å². The van der Waals surface area contributed by atoms with Crippen molar-refractivity contribution in [2.75, 3.05) is 12.4 Å². The summed E-state index contributed by atoms with van der Waals surface area (Å²) in [6, 6.07) is 10.8. The molecule has 1 N–H and O–H groups in total. The third-order valence-corrected chi connectivity index (χ3v) is 6.85. The first-order chi connectivity index (χ1) is 15.2. The van der Waals surface area contributed by atoms with E-state index >= 15 is 0 Å². The minimum absolute atomic E-state index is 0.391. The van der Waals surface area contributed by atoms with Crippen LogP contribution in [0.2, 0.25) is 0 Å². The Morgan fingerprint density at radius 2 is 2.06 bits per heavy atom. The predicted molar refractivity (Wildman–Crippen MR) is 126 cm³/mol. The first-order valence-corrected chi connectivity index (χ1v) is 11.5. The second-order valence-corrected chi connectivity index (χ2v) is 9.01. The van der Waals surface area contributed by atoms with Gasteiger partial charge in [-0.25, -0.2) is 9.97 Å². The molecule has 0 fully saturated rings. The molecule has 0 bridgehead atoms. The van der Waals surface area contributed by atoms with E-state index in [9.17, 15) is 0 Å². The van der Waals surface area contributed by atoms with E-state index in [0.29, 0.717) is 5.92 Å². The van der Waals surface area contributed by atoms with E-state index in [0.717, 1.165) is 47.2 Å². The van der Waals surface area contributed by atoms with Gasteiger partial charge in [0.05, 0.1) is 30.5 Å². The Balaban J connectivity index is 1.40. The predicted octanol–water partition coefficient (Wildman–Crippen LogP) is 5.89. The number of aryl methyl sites for hydroxylation is 2. The molecule has 0 radical (unpaired) electrons. The first-order valence-electron chi connectivity index (χ1n) is 10.7. The summed E-state index contributed by atoms with van der Waals surface area (Å²) < 4.78 is 7.73. The Labute approximate surface area is 186 Å². The van der Waals surface area contributed by atoms with Gasteiger partial charge in [-0.1, -0.05) is 42.5 Å². The van der Waals surface area contributed by atoms with E-state index in [2.05, 4.69) is 52.8 Å². The van der Waals surface area contributed by atoms with Gasteiger partial charge < -0.3 is 14.6 Å². The third kappa shape index (κ3) is 4.08. The number of methoxy groups -OCH3 is 1. The molecular formula is C25H26N4OS. The molecule has 6 heteroatoms. The Morgan fingerprint density at radius 1 is 1.19 bits per heavy atom. The zero-order valence-electron chi connectivity index (χ0n) is 17.8. The van der Waals surface area contributed by atoms with Crippen LogP contribution in [0.4, 0.5) is 5.13 Å². The fraction of sp³-hybridized carbons (Fsp3) is 0.280. The maximum Gasteiger partial charge on any atom is 0.187 e. The first kappa shape index (κ1) is 19.8. The topological polar surface area (TPSA) is 52.0 Å². The van der Waals surface area contributed by atoms with Gasteiger partial charge in [0.25, 0.3) is 0 Å². The number of hydrogen-bond donors (Lipinski definition) is 1. The molecule has 0 amide bonds. The van der Waals surface area contributed by atoms with Gasteiger partial charge in [0.1, 0.15) is 5.76 Å². The standard InChI is InChI=1S/C25H26N4OS/c1-17-15-29(16-26-17)21-12-6-10-19(14-22(21)30-2)27-25-28-24-20(11-7-13-23(24)31-25)18-8-4-3-5-9-18/h3-5,8-10,12,14-16,20H,6-7,11,13H2,1-2H3,(H,27,28). The van der Waals surface area contributed by atoms with E-state index in [-0.39, 0.29) is 0 Å². The average molecular weight is 431 g/mol. The van der Waals surface area contributed by atoms with E-state index in [1.54, 1.807) is 18.4 Å². The number of aromatic nitrogens is 3. The SMILES string of the molecule is COC1=CC(Nc2nc3c(s2)CCCC3c2ccccc2)=CCC=C1n1cnc(C)c1. The number of thiazole rings is 1. The largest absolute Gasteiger partial charge is 0.494 e. The van der Waals surface area contributed by atoms with E-state index < -0.39 is 0 Å². The lowest BCUT2D eigenvalue weighted by Gasteiger charge is -2.21. The number of allylic oxidation sites excluding steroid dienone is 4. The van der Waals surface area contributed by atoms with Crippen LogP contribution in [-0.2, 0) is 11.2 Å². The van der Waals surface area contributed by atoms with Crippen LogP contribution in [0.1, 0.15) is 47.0 Å². The molecule has 2 heterocycles. The molecule has 3 aromatic rings. The summed E-state index contributed by atoms with van der Waals surface area (Å²) >= 11 is 1.78. The number of ether oxygens (including phenoxy) is 1. The lowest BCUT2D eigenvalue weighted by Crippen LogP contribution is -2.10. The summed E-state index contributed by atoms with van der Waals surface area (Å²) in [4.78, 5) is 10.8. The summed E-state index contributed by atoms with van der Waals surface area (Å²) in [5.41, 5.74) is 5.58. The van der Waals surface area contributed by atoms with E-state index in [1.807, 2.05) is 30.1 Å². The van der Waals surface area contributed by atoms with Crippen LogP contribution in [0, 0.1) is 6.92 Å². The molecular weight excluding hydrogens is 404 g/mol. The number of imidazole rings is 1. The number of nitrogens with one attached hydrogen (secondary N) is 1. The van der Waals surface area contributed by atoms with Crippen molar-refractivity contribution < 1.29 is 4.74 Å². The van der Waals surface area contributed by atoms with E-state index in [4.69, 9.17) is 9.72 Å². The monoisotopic (exact) mass is 430 g/mol. The number of rotatable bonds is 5. The van der Waals surface area contributed by atoms with Crippen molar-refractivity contribution in [2.45, 2.75) is 38.5 Å². The van der Waals surface area contributed by atoms with Crippen LogP contribution >= 0.6 is 11.3 Å². The van der Waals surface area contributed by atoms with Crippen LogP contribution in [0.25, 0.3) is 5.70 Å². The number of hydrogen-bond acceptors (Lipinski definition) is 5. The number of fused-ring (bicyclic) bond motifs is 1. The molecule has 1 unspecified atom stereocenters. The minimum Gasteiger partial charge on any atom is -0.494 e. The lowest BCUT2D eigenvalue weighted by molar-refractivity contribution is 0.307. The molecule has 0 aliphatic heterocycles. The molecule has 0 saturated carbocycles. The van der Waals surface area contributed by atoms with Gasteiger partial charge in [0.2, 0.25) is 0 Å². The Morgan fingerprint density at radius 3 is 2.84 bits per heavy atom. The van der Waals surface area contributed by atoms with Crippen LogP contribution in [0.5, 0.6) is 0 Å². The maximum absolute atomic E-state index is 5.72. The third-order valence-electron chi connectivity index (χ3n) is 5.81. The molecule has 31 heavy (non-hydrogen) atoms. The molecule has 0 saturated heterocycles. The quantitative estimate of drug-likeness (QED) is 0.549. The zero-order chi connectivity index (χ0) is 21.2. The summed E-state index contributed by atoms with van der Waals surface area (Å²) in [6.45, 7) is 1.99. The second kappa shape index (κ2) is 8.55. The Bertz CT molecular complexity index is 1170. The fourth-order valence-corrected chi connectivity index (χ4v) is 5.40. The number of anilines is 1. The highest BCUT2D eigenvalue weighted by Crippen LogP contribution is 2.40. The molecule has 2 aliphatic rings. The number of nitrogens with zero attached hydrogens (tertiary/aromatic N) is 3. The molecule has 1 aromatic carbocycles. The normalized spacial score (nSPS) is 18.4. The summed E-state index contributed by atoms with van der Waals surface area (Å²) in [5, 5.41) is 4.50. The second-order valence-electron chi connectivity index (χ2n) is 7.93. The fourth-order valence-electron chi connectivity index (χ4n) is 4.31. The van der Waals surface area contributed by atoms with Gasteiger partial charge in [-0.2, -0.15) is 0 Å². The lowest BCUT2D eigenvalue weighted by atomic mass is 9.85. The molecule has 5 rings (SSSR count). The van der Waals surface area contributed by atoms with Gasteiger partial charge in [-0.15, -0.1) is 11.3 Å². The van der Waals surface area contributed by atoms with Crippen molar-refractivity contribution in [1.29, 1.82) is 0 Å². The molecule has 5 nitrogen and oxygen atoms in total. The minimum atomic E-state index is 0.391. The zero-order valence-corrected chi connectivity index (χ0v) is 18.7. The van der Waals surface area contributed by atoms with Crippen molar-refractivity contribution in [3.05, 3.63) is 94.4 Å². The van der Waals surface area contributed by atoms with Crippen molar-refractivity contribution in [3.8, 4) is 0 Å². The van der Waals surface area contributed by atoms with Gasteiger partial charge in [-0.3, -0.25) is 0 Å². The molecule has 2 aromatic heterocycles. The summed E-state index contributed by atoms with van der Waals surface area (Å²) in [6.07, 6.45) is 14.5. The Kier molecular flexibility index (Phi) is 5.47. The van der Waals surface area contributed by atoms with Crippen LogP contribution in [0.15, 0.2) is 72.5 Å². The smallest absolute Gasteiger partial charge is 0.187 e. The summed E-state index contributed by atoms with van der Waals surface area (Å²) in [7, 11) is 1.71. The van der Waals surface area contributed by atoms with Crippen LogP contribution in [0.3, 0.4) is 0 Å². The van der Waals surface area contributed by atoms with E-state index in [1.165, 1.54) is 22.6 Å². The average Bonchev–Trinajstić information content (AvgIpc) is 3.35. The van der Waals surface area contributed by atoms with Gasteiger partial charge in [-0.05, 0) is 38.2 Å². The Hall–Kier alpha value is -3.12. The van der Waals surface area contributed by atoms with Gasteiger partial charge in [0.15, 0.2) is 5.13 Å². The van der Waals surface area contributed by atoms with Crippen molar-refractivity contribution in [3.63, 3.8) is 0 Å². The van der Waals surface area contributed by atoms with Gasteiger partial charge in [0, 0.05) is 28.8 Å². The summed E-state index contributed by atoms with van der Waals surface area (Å²) in [5.74, 6) is 1.19. The molecule has 0 spiro atoms. The molecule has 158 valence electrons. The highest BCUT2D eigenvalue weighted by atomic mass is 32.1. The van der Waals surface area contributed by atoms with Crippen LogP contribution in [-0.4, -0.2) is 21.6 Å².